The molecule has 0 spiro atoms. The van der Waals surface area contributed by atoms with Gasteiger partial charge in [0.1, 0.15) is 5.82 Å². The Kier molecular flexibility index (Phi) is 13.3. The summed E-state index contributed by atoms with van der Waals surface area (Å²) in [7, 11) is 0. The predicted octanol–water partition coefficient (Wildman–Crippen LogP) is 14.6. The van der Waals surface area contributed by atoms with Gasteiger partial charge in [-0.2, -0.15) is 0 Å². The summed E-state index contributed by atoms with van der Waals surface area (Å²) in [4.78, 5) is 29.6. The number of hydrogen-bond acceptors (Lipinski definition) is 6. The number of allylic oxidation sites excluding steroid dienone is 13. The molecule has 6 heteroatoms. The number of hydrogen-bond donors (Lipinski definition) is 0. The van der Waals surface area contributed by atoms with Crippen molar-refractivity contribution in [2.24, 2.45) is 0 Å². The van der Waals surface area contributed by atoms with E-state index in [0.717, 1.165) is 60.5 Å². The van der Waals surface area contributed by atoms with E-state index in [1.807, 2.05) is 147 Å². The summed E-state index contributed by atoms with van der Waals surface area (Å²) in [5.41, 5.74) is 7.08. The molecule has 2 heterocycles. The van der Waals surface area contributed by atoms with Crippen molar-refractivity contribution in [1.29, 1.82) is 0 Å². The molecule has 64 heavy (non-hydrogen) atoms. The van der Waals surface area contributed by atoms with Gasteiger partial charge in [-0.3, -0.25) is 0 Å². The molecule has 0 aliphatic carbocycles. The molecule has 0 saturated carbocycles. The second kappa shape index (κ2) is 20.1. The third kappa shape index (κ3) is 9.62. The molecule has 0 radical (unpaired) electrons. The van der Waals surface area contributed by atoms with Crippen LogP contribution in [0.5, 0.6) is 0 Å². The van der Waals surface area contributed by atoms with Gasteiger partial charge < -0.3 is 0 Å². The minimum atomic E-state index is -0.0357. The van der Waals surface area contributed by atoms with E-state index < -0.39 is 0 Å². The number of fused-ring (bicyclic) bond motifs is 3. The van der Waals surface area contributed by atoms with Crippen LogP contribution >= 0.6 is 0 Å². The van der Waals surface area contributed by atoms with Gasteiger partial charge in [0.25, 0.3) is 0 Å². The molecule has 0 saturated heterocycles. The van der Waals surface area contributed by atoms with Gasteiger partial charge in [-0.15, -0.1) is 0 Å². The molecule has 0 aliphatic rings. The SMILES string of the molecule is C=C(/C=C\C(=C)c1c(/C=C/C=C(\C=C/C)c2nc(-c3ccccc3)nc(C(C)/C=C\C=C/C)n2)c2ccccc2c2ccccc12)c1nc(-c2ccccc2)nc(-c2ccccc2)n1. The highest BCUT2D eigenvalue weighted by molar-refractivity contribution is 6.16. The van der Waals surface area contributed by atoms with Crippen LogP contribution in [0.25, 0.3) is 78.5 Å². The van der Waals surface area contributed by atoms with E-state index in [2.05, 4.69) is 92.9 Å². The molecule has 0 N–H and O–H groups in total. The van der Waals surface area contributed by atoms with Crippen molar-refractivity contribution in [3.05, 3.63) is 242 Å². The lowest BCUT2D eigenvalue weighted by atomic mass is 9.87. The monoisotopic (exact) mass is 828 g/mol. The maximum Gasteiger partial charge on any atom is 0.164 e. The highest BCUT2D eigenvalue weighted by Crippen LogP contribution is 2.38. The largest absolute Gasteiger partial charge is 0.212 e. The summed E-state index contributed by atoms with van der Waals surface area (Å²) in [6.45, 7) is 15.2. The van der Waals surface area contributed by atoms with Gasteiger partial charge >= 0.3 is 0 Å². The van der Waals surface area contributed by atoms with Crippen molar-refractivity contribution >= 4 is 44.3 Å². The molecule has 2 aromatic heterocycles. The van der Waals surface area contributed by atoms with Gasteiger partial charge in [-0.05, 0) is 52.1 Å². The van der Waals surface area contributed by atoms with E-state index in [9.17, 15) is 0 Å². The fourth-order valence-electron chi connectivity index (χ4n) is 7.50. The van der Waals surface area contributed by atoms with Gasteiger partial charge in [-0.1, -0.05) is 226 Å². The summed E-state index contributed by atoms with van der Waals surface area (Å²) >= 11 is 0. The predicted molar refractivity (Wildman–Crippen MR) is 269 cm³/mol. The van der Waals surface area contributed by atoms with Crippen LogP contribution in [0, 0.1) is 0 Å². The molecule has 6 nitrogen and oxygen atoms in total. The molecule has 0 fully saturated rings. The Labute approximate surface area is 375 Å². The maximum atomic E-state index is 5.03. The summed E-state index contributed by atoms with van der Waals surface area (Å²) in [6, 6.07) is 46.9. The van der Waals surface area contributed by atoms with E-state index in [1.165, 1.54) is 0 Å². The first-order valence-corrected chi connectivity index (χ1v) is 21.4. The molecule has 310 valence electrons. The Hall–Kier alpha value is -8.22. The number of nitrogens with zero attached hydrogens (tertiary/aromatic N) is 6. The first-order valence-electron chi connectivity index (χ1n) is 21.4. The van der Waals surface area contributed by atoms with Crippen LogP contribution in [0.3, 0.4) is 0 Å². The lowest BCUT2D eigenvalue weighted by molar-refractivity contribution is 0.816. The first-order chi connectivity index (χ1) is 31.4. The Balaban J connectivity index is 1.21. The third-order valence-corrected chi connectivity index (χ3v) is 10.7. The fourth-order valence-corrected chi connectivity index (χ4v) is 7.50. The third-order valence-electron chi connectivity index (χ3n) is 10.7. The average molecular weight is 829 g/mol. The van der Waals surface area contributed by atoms with Crippen molar-refractivity contribution < 1.29 is 0 Å². The van der Waals surface area contributed by atoms with E-state index in [0.29, 0.717) is 40.5 Å². The quantitative estimate of drug-likeness (QED) is 0.0802. The van der Waals surface area contributed by atoms with Crippen LogP contribution in [-0.2, 0) is 0 Å². The van der Waals surface area contributed by atoms with Crippen molar-refractivity contribution in [2.75, 3.05) is 0 Å². The van der Waals surface area contributed by atoms with Crippen LogP contribution in [0.15, 0.2) is 213 Å². The van der Waals surface area contributed by atoms with Gasteiger partial charge in [0, 0.05) is 33.8 Å². The number of benzene rings is 6. The van der Waals surface area contributed by atoms with Gasteiger partial charge in [0.15, 0.2) is 29.1 Å². The van der Waals surface area contributed by atoms with Crippen LogP contribution in [0.4, 0.5) is 0 Å². The minimum absolute atomic E-state index is 0.0357. The lowest BCUT2D eigenvalue weighted by Crippen LogP contribution is -2.07. The van der Waals surface area contributed by atoms with E-state index in [4.69, 9.17) is 29.9 Å². The highest BCUT2D eigenvalue weighted by atomic mass is 15.0. The molecule has 1 unspecified atom stereocenters. The normalized spacial score (nSPS) is 12.8. The molecule has 8 rings (SSSR count). The summed E-state index contributed by atoms with van der Waals surface area (Å²) in [6.07, 6.45) is 22.5. The second-order valence-electron chi connectivity index (χ2n) is 15.2. The summed E-state index contributed by atoms with van der Waals surface area (Å²) in [5.74, 6) is 3.53. The van der Waals surface area contributed by atoms with E-state index >= 15 is 0 Å². The zero-order chi connectivity index (χ0) is 44.3. The molecule has 8 aromatic rings. The van der Waals surface area contributed by atoms with Gasteiger partial charge in [0.2, 0.25) is 0 Å². The highest BCUT2D eigenvalue weighted by Gasteiger charge is 2.17. The van der Waals surface area contributed by atoms with E-state index in [1.54, 1.807) is 0 Å². The minimum Gasteiger partial charge on any atom is -0.212 e. The zero-order valence-corrected chi connectivity index (χ0v) is 36.3. The van der Waals surface area contributed by atoms with Crippen LogP contribution in [0.2, 0.25) is 0 Å². The molecule has 6 aromatic carbocycles. The van der Waals surface area contributed by atoms with Crippen molar-refractivity contribution in [3.63, 3.8) is 0 Å². The Morgan fingerprint density at radius 2 is 0.969 bits per heavy atom. The van der Waals surface area contributed by atoms with Crippen LogP contribution < -0.4 is 0 Å². The zero-order valence-electron chi connectivity index (χ0n) is 36.3. The molecular weight excluding hydrogens is 781 g/mol. The number of aromatic nitrogens is 6. The molecule has 1 atom stereocenters. The Morgan fingerprint density at radius 3 is 1.55 bits per heavy atom. The van der Waals surface area contributed by atoms with Crippen LogP contribution in [-0.4, -0.2) is 29.9 Å². The van der Waals surface area contributed by atoms with Crippen LogP contribution in [0.1, 0.15) is 55.3 Å². The lowest BCUT2D eigenvalue weighted by Gasteiger charge is -2.16. The maximum absolute atomic E-state index is 5.03. The molecule has 0 amide bonds. The Bertz CT molecular complexity index is 3100. The summed E-state index contributed by atoms with van der Waals surface area (Å²) < 4.78 is 0. The molecular formula is C58H48N6. The van der Waals surface area contributed by atoms with Crippen molar-refractivity contribution in [2.45, 2.75) is 26.7 Å². The smallest absolute Gasteiger partial charge is 0.164 e. The van der Waals surface area contributed by atoms with E-state index in [-0.39, 0.29) is 5.92 Å². The van der Waals surface area contributed by atoms with Gasteiger partial charge in [-0.25, -0.2) is 29.9 Å². The number of rotatable bonds is 14. The fraction of sp³-hybridized carbons (Fsp3) is 0.0690. The first kappa shape index (κ1) is 42.5. The molecule has 0 bridgehead atoms. The standard InChI is InChI=1S/C58H48N6/c1-6-8-12-25-41(4)53-59-55(63-56(60-53)44-26-13-9-14-27-44)43(24-7-2)32-23-37-51-49-34-20-19-33-47(49)48-35-21-22-36-50(48)52(51)40(3)38-39-42(5)54-61-57(45-28-15-10-16-29-45)64-58(62-54)46-30-17-11-18-31-46/h6-39,41H,3,5H2,1-2,4H3/b8-6-,24-7-,25-12-,37-23+,39-38-,43-32+. The molecule has 0 aliphatic heterocycles. The topological polar surface area (TPSA) is 77.3 Å². The van der Waals surface area contributed by atoms with Crippen molar-refractivity contribution in [3.8, 4) is 34.2 Å². The Morgan fingerprint density at radius 1 is 0.469 bits per heavy atom. The van der Waals surface area contributed by atoms with Crippen molar-refractivity contribution in [1.82, 2.24) is 29.9 Å². The van der Waals surface area contributed by atoms with Gasteiger partial charge in [0.05, 0.1) is 0 Å². The average Bonchev–Trinajstić information content (AvgIpc) is 3.35. The second-order valence-corrected chi connectivity index (χ2v) is 15.2. The summed E-state index contributed by atoms with van der Waals surface area (Å²) in [5, 5.41) is 4.49.